The Balaban J connectivity index is 2.24. The topological polar surface area (TPSA) is 62.0 Å². The molecule has 2 aromatic rings. The number of benzene rings is 1. The van der Waals surface area contributed by atoms with Crippen molar-refractivity contribution in [3.63, 3.8) is 0 Å². The molecule has 4 nitrogen and oxygen atoms in total. The number of rotatable bonds is 2. The van der Waals surface area contributed by atoms with Crippen LogP contribution in [-0.4, -0.2) is 10.9 Å². The first-order valence-electron chi connectivity index (χ1n) is 4.93. The molecule has 0 atom stereocenters. The number of carbonyl (C=O) groups excluding carboxylic acids is 1. The lowest BCUT2D eigenvalue weighted by Gasteiger charge is -2.04. The predicted molar refractivity (Wildman–Crippen MR) is 64.0 cm³/mol. The van der Waals surface area contributed by atoms with Crippen molar-refractivity contribution in [2.75, 3.05) is 5.32 Å². The van der Waals surface area contributed by atoms with E-state index >= 15 is 0 Å². The predicted octanol–water partition coefficient (Wildman–Crippen LogP) is 2.28. The number of carbonyl (C=O) groups is 1. The molecule has 0 aliphatic heterocycles. The minimum Gasteiger partial charge on any atom is -0.321 e. The number of amides is 1. The van der Waals surface area contributed by atoms with Gasteiger partial charge in [0.2, 0.25) is 0 Å². The lowest BCUT2D eigenvalue weighted by Crippen LogP contribution is -2.11. The number of thiazole rings is 1. The largest absolute Gasteiger partial charge is 0.321 e. The monoisotopic (exact) mass is 270 g/mol. The van der Waals surface area contributed by atoms with Crippen molar-refractivity contribution in [1.82, 2.24) is 4.98 Å². The molecule has 1 amide bonds. The number of aromatic amines is 1. The molecule has 2 N–H and O–H groups in total. The van der Waals surface area contributed by atoms with Crippen LogP contribution in [-0.2, 0) is 0 Å². The van der Waals surface area contributed by atoms with E-state index in [2.05, 4.69) is 10.3 Å². The Hall–Kier alpha value is -2.02. The van der Waals surface area contributed by atoms with Crippen LogP contribution < -0.4 is 10.2 Å². The maximum atomic E-state index is 12.9. The van der Waals surface area contributed by atoms with E-state index in [1.165, 1.54) is 6.07 Å². The molecule has 0 aliphatic rings. The van der Waals surface area contributed by atoms with Gasteiger partial charge in [-0.2, -0.15) is 0 Å². The Bertz CT molecular complexity index is 663. The van der Waals surface area contributed by atoms with E-state index in [4.69, 9.17) is 0 Å². The summed E-state index contributed by atoms with van der Waals surface area (Å²) in [5, 5.41) is 2.39. The van der Waals surface area contributed by atoms with Gasteiger partial charge in [-0.15, -0.1) is 0 Å². The molecule has 0 saturated heterocycles. The second-order valence-electron chi connectivity index (χ2n) is 3.55. The van der Waals surface area contributed by atoms with Gasteiger partial charge in [-0.25, -0.2) is 8.78 Å². The van der Waals surface area contributed by atoms with Gasteiger partial charge in [0.25, 0.3) is 5.91 Å². The van der Waals surface area contributed by atoms with E-state index in [1.54, 1.807) is 6.92 Å². The summed E-state index contributed by atoms with van der Waals surface area (Å²) in [6.07, 6.45) is 0. The summed E-state index contributed by atoms with van der Waals surface area (Å²) in [5.41, 5.74) is 0.559. The van der Waals surface area contributed by atoms with Crippen LogP contribution in [0.5, 0.6) is 0 Å². The number of nitrogens with one attached hydrogen (secondary N) is 2. The Morgan fingerprint density at radius 2 is 2.06 bits per heavy atom. The summed E-state index contributed by atoms with van der Waals surface area (Å²) in [6, 6.07) is 3.02. The summed E-state index contributed by atoms with van der Waals surface area (Å²) in [4.78, 5) is 25.1. The average molecular weight is 270 g/mol. The number of H-pyrrole nitrogens is 1. The third-order valence-electron chi connectivity index (χ3n) is 2.21. The molecule has 94 valence electrons. The molecule has 0 bridgehead atoms. The van der Waals surface area contributed by atoms with Gasteiger partial charge in [0.05, 0.1) is 0 Å². The van der Waals surface area contributed by atoms with Crippen LogP contribution in [0.1, 0.15) is 15.4 Å². The molecule has 0 spiro atoms. The molecule has 0 aliphatic carbocycles. The van der Waals surface area contributed by atoms with E-state index in [1.807, 2.05) is 0 Å². The number of hydrogen-bond donors (Lipinski definition) is 2. The molecule has 7 heteroatoms. The number of halogens is 2. The molecule has 0 fully saturated rings. The van der Waals surface area contributed by atoms with Crippen LogP contribution in [0, 0.1) is 18.6 Å². The summed E-state index contributed by atoms with van der Waals surface area (Å²) in [5.74, 6) is -2.58. The van der Waals surface area contributed by atoms with Crippen molar-refractivity contribution in [1.29, 1.82) is 0 Å². The zero-order chi connectivity index (χ0) is 13.3. The van der Waals surface area contributed by atoms with E-state index in [-0.39, 0.29) is 15.4 Å². The first kappa shape index (κ1) is 12.4. The van der Waals surface area contributed by atoms with Crippen LogP contribution in [0.3, 0.4) is 0 Å². The van der Waals surface area contributed by atoms with Gasteiger partial charge in [-0.3, -0.25) is 9.59 Å². The number of aromatic nitrogens is 1. The fourth-order valence-electron chi connectivity index (χ4n) is 1.38. The van der Waals surface area contributed by atoms with Gasteiger partial charge in [0, 0.05) is 17.4 Å². The average Bonchev–Trinajstić information content (AvgIpc) is 2.63. The number of hydrogen-bond acceptors (Lipinski definition) is 3. The third kappa shape index (κ3) is 2.45. The fraction of sp³-hybridized carbons (Fsp3) is 0.0909. The maximum Gasteiger partial charge on any atom is 0.305 e. The first-order valence-corrected chi connectivity index (χ1v) is 5.75. The minimum atomic E-state index is -1.05. The molecular formula is C11H8F2N2O2S. The summed E-state index contributed by atoms with van der Waals surface area (Å²) in [7, 11) is 0. The van der Waals surface area contributed by atoms with E-state index < -0.39 is 17.5 Å². The molecule has 1 aromatic carbocycles. The van der Waals surface area contributed by atoms with Crippen molar-refractivity contribution in [3.05, 3.63) is 50.1 Å². The summed E-state index contributed by atoms with van der Waals surface area (Å²) < 4.78 is 25.6. The Morgan fingerprint density at radius 3 is 2.61 bits per heavy atom. The fourth-order valence-corrected chi connectivity index (χ4v) is 2.12. The van der Waals surface area contributed by atoms with Gasteiger partial charge < -0.3 is 10.3 Å². The van der Waals surface area contributed by atoms with E-state index in [0.29, 0.717) is 5.69 Å². The highest BCUT2D eigenvalue weighted by Crippen LogP contribution is 2.16. The van der Waals surface area contributed by atoms with Gasteiger partial charge >= 0.3 is 4.87 Å². The Labute approximate surface area is 104 Å². The second-order valence-corrected chi connectivity index (χ2v) is 4.53. The lowest BCUT2D eigenvalue weighted by molar-refractivity contribution is 0.103. The van der Waals surface area contributed by atoms with Crippen LogP contribution in [0.4, 0.5) is 14.5 Å². The molecular weight excluding hydrogens is 262 g/mol. The number of anilines is 1. The van der Waals surface area contributed by atoms with Gasteiger partial charge in [0.15, 0.2) is 11.6 Å². The number of aryl methyl sites for hydroxylation is 1. The quantitative estimate of drug-likeness (QED) is 0.879. The summed E-state index contributed by atoms with van der Waals surface area (Å²) in [6.45, 7) is 1.58. The van der Waals surface area contributed by atoms with Gasteiger partial charge in [0.1, 0.15) is 4.88 Å². The second kappa shape index (κ2) is 4.69. The molecule has 0 saturated carbocycles. The highest BCUT2D eigenvalue weighted by Gasteiger charge is 2.14. The molecule has 0 unspecified atom stereocenters. The molecule has 1 aromatic heterocycles. The standard InChI is InChI=1S/C11H8F2N2O2S/c1-5-9(18-11(17)14-5)10(16)15-6-2-3-7(12)8(13)4-6/h2-4H,1H3,(H,14,17)(H,15,16). The zero-order valence-corrected chi connectivity index (χ0v) is 10.0. The smallest absolute Gasteiger partial charge is 0.305 e. The van der Waals surface area contributed by atoms with E-state index in [9.17, 15) is 18.4 Å². The normalized spacial score (nSPS) is 10.4. The van der Waals surface area contributed by atoms with Crippen LogP contribution in [0.25, 0.3) is 0 Å². The van der Waals surface area contributed by atoms with Crippen LogP contribution in [0.2, 0.25) is 0 Å². The highest BCUT2D eigenvalue weighted by molar-refractivity contribution is 7.11. The Morgan fingerprint density at radius 1 is 1.33 bits per heavy atom. The van der Waals surface area contributed by atoms with Crippen molar-refractivity contribution < 1.29 is 13.6 Å². The van der Waals surface area contributed by atoms with Crippen molar-refractivity contribution in [3.8, 4) is 0 Å². The first-order chi connectivity index (χ1) is 8.47. The van der Waals surface area contributed by atoms with E-state index in [0.717, 1.165) is 23.5 Å². The Kier molecular flexibility index (Phi) is 3.24. The highest BCUT2D eigenvalue weighted by atomic mass is 32.1. The summed E-state index contributed by atoms with van der Waals surface area (Å²) >= 11 is 0.758. The van der Waals surface area contributed by atoms with Crippen molar-refractivity contribution in [2.45, 2.75) is 6.92 Å². The lowest BCUT2D eigenvalue weighted by atomic mass is 10.3. The van der Waals surface area contributed by atoms with Gasteiger partial charge in [-0.1, -0.05) is 11.3 Å². The molecule has 18 heavy (non-hydrogen) atoms. The molecule has 2 rings (SSSR count). The minimum absolute atomic E-state index is 0.124. The third-order valence-corrected chi connectivity index (χ3v) is 3.19. The zero-order valence-electron chi connectivity index (χ0n) is 9.21. The van der Waals surface area contributed by atoms with Gasteiger partial charge in [-0.05, 0) is 19.1 Å². The van der Waals surface area contributed by atoms with Crippen molar-refractivity contribution in [2.24, 2.45) is 0 Å². The van der Waals surface area contributed by atoms with Crippen molar-refractivity contribution >= 4 is 22.9 Å². The maximum absolute atomic E-state index is 12.9. The van der Waals surface area contributed by atoms with Crippen LogP contribution >= 0.6 is 11.3 Å². The van der Waals surface area contributed by atoms with Crippen LogP contribution in [0.15, 0.2) is 23.0 Å². The SMILES string of the molecule is Cc1[nH]c(=O)sc1C(=O)Nc1ccc(F)c(F)c1. The molecule has 0 radical (unpaired) electrons. The molecule has 1 heterocycles.